The van der Waals surface area contributed by atoms with Crippen LogP contribution in [0.4, 0.5) is 4.39 Å². The van der Waals surface area contributed by atoms with Gasteiger partial charge < -0.3 is 5.11 Å². The van der Waals surface area contributed by atoms with E-state index in [0.29, 0.717) is 0 Å². The van der Waals surface area contributed by atoms with E-state index in [1.807, 2.05) is 13.8 Å². The van der Waals surface area contributed by atoms with Gasteiger partial charge in [0.2, 0.25) is 0 Å². The van der Waals surface area contributed by atoms with Crippen molar-refractivity contribution < 1.29 is 14.3 Å². The Morgan fingerprint density at radius 2 is 1.65 bits per heavy atom. The van der Waals surface area contributed by atoms with Gasteiger partial charge in [-0.25, -0.2) is 4.39 Å². The first-order valence-electron chi connectivity index (χ1n) is 6.10. The minimum Gasteiger partial charge on any atom is -0.481 e. The van der Waals surface area contributed by atoms with Gasteiger partial charge in [-0.3, -0.25) is 4.79 Å². The highest BCUT2D eigenvalue weighted by atomic mass is 19.1. The maximum Gasteiger partial charge on any atom is 0.307 e. The number of carboxylic acids is 1. The summed E-state index contributed by atoms with van der Waals surface area (Å²) < 4.78 is 13.4. The highest BCUT2D eigenvalue weighted by molar-refractivity contribution is 5.71. The van der Waals surface area contributed by atoms with Crippen LogP contribution in [-0.2, 0) is 24.1 Å². The van der Waals surface area contributed by atoms with E-state index in [4.69, 9.17) is 5.11 Å². The van der Waals surface area contributed by atoms with Gasteiger partial charge in [0.1, 0.15) is 5.82 Å². The predicted molar refractivity (Wildman–Crippen MR) is 65.7 cm³/mol. The van der Waals surface area contributed by atoms with E-state index in [-0.39, 0.29) is 12.2 Å². The number of aliphatic carboxylic acids is 1. The zero-order valence-electron chi connectivity index (χ0n) is 10.4. The summed E-state index contributed by atoms with van der Waals surface area (Å²) in [5.41, 5.74) is 2.50. The predicted octanol–water partition coefficient (Wildman–Crippen LogP) is 3.36. The van der Waals surface area contributed by atoms with Gasteiger partial charge in [0, 0.05) is 0 Å². The van der Waals surface area contributed by atoms with E-state index in [1.54, 1.807) is 0 Å². The van der Waals surface area contributed by atoms with Crippen LogP contribution in [0.2, 0.25) is 0 Å². The van der Waals surface area contributed by atoms with Crippen LogP contribution in [-0.4, -0.2) is 11.1 Å². The fourth-order valence-electron chi connectivity index (χ4n) is 2.12. The Bertz CT molecular complexity index is 372. The Hall–Kier alpha value is -1.38. The molecule has 0 saturated carbocycles. The van der Waals surface area contributed by atoms with E-state index < -0.39 is 5.97 Å². The Morgan fingerprint density at radius 3 is 2.00 bits per heavy atom. The third kappa shape index (κ3) is 3.84. The molecule has 0 heterocycles. The van der Waals surface area contributed by atoms with Crippen molar-refractivity contribution in [1.29, 1.82) is 0 Å². The summed E-state index contributed by atoms with van der Waals surface area (Å²) in [5, 5.41) is 8.93. The largest absolute Gasteiger partial charge is 0.481 e. The number of carbonyl (C=O) groups is 1. The zero-order chi connectivity index (χ0) is 12.8. The maximum atomic E-state index is 13.4. The second-order valence-corrected chi connectivity index (χ2v) is 4.27. The number of halogens is 1. The van der Waals surface area contributed by atoms with Crippen LogP contribution in [0.15, 0.2) is 12.1 Å². The Balaban J connectivity index is 3.19. The Kier molecular flexibility index (Phi) is 5.13. The van der Waals surface area contributed by atoms with Gasteiger partial charge >= 0.3 is 5.97 Å². The molecule has 1 N–H and O–H groups in total. The molecule has 0 amide bonds. The minimum absolute atomic E-state index is 0.00898. The number of benzene rings is 1. The zero-order valence-corrected chi connectivity index (χ0v) is 10.4. The van der Waals surface area contributed by atoms with E-state index in [2.05, 4.69) is 0 Å². The smallest absolute Gasteiger partial charge is 0.307 e. The molecule has 0 saturated heterocycles. The molecular weight excluding hydrogens is 219 g/mol. The molecule has 1 aromatic carbocycles. The summed E-state index contributed by atoms with van der Waals surface area (Å²) in [4.78, 5) is 10.9. The summed E-state index contributed by atoms with van der Waals surface area (Å²) in [5.74, 6) is -1.11. The third-order valence-corrected chi connectivity index (χ3v) is 2.77. The van der Waals surface area contributed by atoms with Crippen LogP contribution in [0.3, 0.4) is 0 Å². The van der Waals surface area contributed by atoms with Crippen LogP contribution in [0, 0.1) is 5.82 Å². The second kappa shape index (κ2) is 6.38. The molecule has 2 nitrogen and oxygen atoms in total. The number of carboxylic acid groups (broad SMARTS) is 1. The molecule has 1 rings (SSSR count). The van der Waals surface area contributed by atoms with E-state index in [1.165, 1.54) is 12.1 Å². The Labute approximate surface area is 101 Å². The van der Waals surface area contributed by atoms with Gasteiger partial charge in [0.25, 0.3) is 0 Å². The standard InChI is InChI=1S/C14H19FO2/c1-3-5-10-7-12(15)8-11(6-4-2)13(10)9-14(16)17/h7-8H,3-6,9H2,1-2H3,(H,16,17). The summed E-state index contributed by atoms with van der Waals surface area (Å²) in [6, 6.07) is 2.95. The van der Waals surface area contributed by atoms with Gasteiger partial charge in [-0.05, 0) is 41.7 Å². The van der Waals surface area contributed by atoms with E-state index >= 15 is 0 Å². The molecule has 94 valence electrons. The molecule has 0 bridgehead atoms. The molecule has 1 aromatic rings. The monoisotopic (exact) mass is 238 g/mol. The average molecular weight is 238 g/mol. The number of hydrogen-bond acceptors (Lipinski definition) is 1. The van der Waals surface area contributed by atoms with Crippen LogP contribution in [0.25, 0.3) is 0 Å². The van der Waals surface area contributed by atoms with Crippen LogP contribution < -0.4 is 0 Å². The van der Waals surface area contributed by atoms with Crippen molar-refractivity contribution in [3.8, 4) is 0 Å². The first-order chi connectivity index (χ1) is 8.08. The Morgan fingerprint density at radius 1 is 1.18 bits per heavy atom. The van der Waals surface area contributed by atoms with Gasteiger partial charge in [-0.15, -0.1) is 0 Å². The van der Waals surface area contributed by atoms with Gasteiger partial charge in [-0.1, -0.05) is 26.7 Å². The van der Waals surface area contributed by atoms with Crippen molar-refractivity contribution >= 4 is 5.97 Å². The lowest BCUT2D eigenvalue weighted by molar-refractivity contribution is -0.136. The molecule has 0 aliphatic rings. The van der Waals surface area contributed by atoms with Crippen molar-refractivity contribution in [2.24, 2.45) is 0 Å². The summed E-state index contributed by atoms with van der Waals surface area (Å²) in [6.07, 6.45) is 3.24. The van der Waals surface area contributed by atoms with Crippen LogP contribution >= 0.6 is 0 Å². The summed E-state index contributed by atoms with van der Waals surface area (Å²) in [7, 11) is 0. The van der Waals surface area contributed by atoms with Crippen molar-refractivity contribution in [2.75, 3.05) is 0 Å². The minimum atomic E-state index is -0.855. The molecule has 0 aromatic heterocycles. The number of rotatable bonds is 6. The molecule has 0 unspecified atom stereocenters. The lowest BCUT2D eigenvalue weighted by Crippen LogP contribution is -2.08. The van der Waals surface area contributed by atoms with Gasteiger partial charge in [0.15, 0.2) is 0 Å². The molecule has 0 atom stereocenters. The van der Waals surface area contributed by atoms with Crippen molar-refractivity contribution in [3.63, 3.8) is 0 Å². The lowest BCUT2D eigenvalue weighted by atomic mass is 9.93. The highest BCUT2D eigenvalue weighted by Gasteiger charge is 2.13. The lowest BCUT2D eigenvalue weighted by Gasteiger charge is -2.13. The normalized spacial score (nSPS) is 10.5. The topological polar surface area (TPSA) is 37.3 Å². The third-order valence-electron chi connectivity index (χ3n) is 2.77. The molecule has 0 fully saturated rings. The fourth-order valence-corrected chi connectivity index (χ4v) is 2.12. The number of hydrogen-bond donors (Lipinski definition) is 1. The molecule has 0 aliphatic heterocycles. The second-order valence-electron chi connectivity index (χ2n) is 4.27. The molecule has 0 spiro atoms. The first-order valence-corrected chi connectivity index (χ1v) is 6.10. The summed E-state index contributed by atoms with van der Waals surface area (Å²) >= 11 is 0. The van der Waals surface area contributed by atoms with Gasteiger partial charge in [0.05, 0.1) is 6.42 Å². The average Bonchev–Trinajstić information content (AvgIpc) is 2.23. The fraction of sp³-hybridized carbons (Fsp3) is 0.500. The van der Waals surface area contributed by atoms with Gasteiger partial charge in [-0.2, -0.15) is 0 Å². The van der Waals surface area contributed by atoms with Crippen molar-refractivity contribution in [3.05, 3.63) is 34.6 Å². The SMILES string of the molecule is CCCc1cc(F)cc(CCC)c1CC(=O)O. The van der Waals surface area contributed by atoms with E-state index in [9.17, 15) is 9.18 Å². The molecular formula is C14H19FO2. The van der Waals surface area contributed by atoms with Crippen molar-refractivity contribution in [1.82, 2.24) is 0 Å². The molecule has 17 heavy (non-hydrogen) atoms. The maximum absolute atomic E-state index is 13.4. The number of aryl methyl sites for hydroxylation is 2. The molecule has 0 aliphatic carbocycles. The first kappa shape index (κ1) is 13.7. The van der Waals surface area contributed by atoms with E-state index in [0.717, 1.165) is 42.4 Å². The molecule has 3 heteroatoms. The quantitative estimate of drug-likeness (QED) is 0.825. The molecule has 0 radical (unpaired) electrons. The highest BCUT2D eigenvalue weighted by Crippen LogP contribution is 2.21. The van der Waals surface area contributed by atoms with Crippen molar-refractivity contribution in [2.45, 2.75) is 46.0 Å². The van der Waals surface area contributed by atoms with Crippen LogP contribution in [0.5, 0.6) is 0 Å². The van der Waals surface area contributed by atoms with Crippen LogP contribution in [0.1, 0.15) is 43.4 Å². The summed E-state index contributed by atoms with van der Waals surface area (Å²) in [6.45, 7) is 4.02.